The van der Waals surface area contributed by atoms with Gasteiger partial charge in [0, 0.05) is 25.7 Å². The van der Waals surface area contributed by atoms with Gasteiger partial charge in [0.1, 0.15) is 12.8 Å². The van der Waals surface area contributed by atoms with Crippen LogP contribution < -0.4 is 0 Å². The molecule has 3 rings (SSSR count). The molecule has 0 N–H and O–H groups in total. The maximum Gasteiger partial charge on any atom is 0.410 e. The lowest BCUT2D eigenvalue weighted by molar-refractivity contribution is 0.0869. The van der Waals surface area contributed by atoms with Gasteiger partial charge in [0.2, 0.25) is 0 Å². The number of ether oxygens (including phenoxy) is 1. The average Bonchev–Trinajstić information content (AvgIpc) is 3.04. The van der Waals surface area contributed by atoms with E-state index in [1.807, 2.05) is 30.3 Å². The molecule has 2 saturated heterocycles. The van der Waals surface area contributed by atoms with Crippen LogP contribution in [0.4, 0.5) is 9.18 Å². The fourth-order valence-electron chi connectivity index (χ4n) is 3.30. The summed E-state index contributed by atoms with van der Waals surface area (Å²) >= 11 is 0. The molecule has 2 fully saturated rings. The predicted octanol–water partition coefficient (Wildman–Crippen LogP) is 2.83. The summed E-state index contributed by atoms with van der Waals surface area (Å²) in [6.45, 7) is 3.11. The molecule has 1 aromatic carbocycles. The zero-order valence-corrected chi connectivity index (χ0v) is 12.8. The van der Waals surface area contributed by atoms with Crippen molar-refractivity contribution in [2.75, 3.05) is 26.2 Å². The van der Waals surface area contributed by atoms with Crippen LogP contribution in [0.2, 0.25) is 0 Å². The van der Waals surface area contributed by atoms with E-state index < -0.39 is 6.17 Å². The fraction of sp³-hybridized carbons (Fsp3) is 0.588. The largest absolute Gasteiger partial charge is 0.445 e. The molecule has 120 valence electrons. The van der Waals surface area contributed by atoms with Gasteiger partial charge in [-0.05, 0) is 31.4 Å². The molecular formula is C17H23FN2O2. The van der Waals surface area contributed by atoms with Crippen molar-refractivity contribution in [2.24, 2.45) is 0 Å². The summed E-state index contributed by atoms with van der Waals surface area (Å²) in [4.78, 5) is 16.1. The molecule has 2 atom stereocenters. The van der Waals surface area contributed by atoms with Gasteiger partial charge in [0.15, 0.2) is 0 Å². The molecule has 0 saturated carbocycles. The van der Waals surface area contributed by atoms with E-state index in [1.54, 1.807) is 4.90 Å². The van der Waals surface area contributed by atoms with Gasteiger partial charge < -0.3 is 9.64 Å². The van der Waals surface area contributed by atoms with Crippen molar-refractivity contribution in [3.63, 3.8) is 0 Å². The van der Waals surface area contributed by atoms with Crippen LogP contribution in [0.5, 0.6) is 0 Å². The number of carbonyl (C=O) groups is 1. The number of hydrogen-bond donors (Lipinski definition) is 0. The summed E-state index contributed by atoms with van der Waals surface area (Å²) in [5.41, 5.74) is 0.989. The molecule has 0 bridgehead atoms. The lowest BCUT2D eigenvalue weighted by Crippen LogP contribution is -2.45. The number of piperidine rings is 1. The second kappa shape index (κ2) is 7.09. The Morgan fingerprint density at radius 2 is 2.00 bits per heavy atom. The Hall–Kier alpha value is -1.62. The van der Waals surface area contributed by atoms with Gasteiger partial charge in [-0.25, -0.2) is 9.18 Å². The van der Waals surface area contributed by atoms with Crippen molar-refractivity contribution in [1.29, 1.82) is 0 Å². The van der Waals surface area contributed by atoms with E-state index in [1.165, 1.54) is 0 Å². The maximum absolute atomic E-state index is 13.5. The normalized spacial score (nSPS) is 26.1. The van der Waals surface area contributed by atoms with Crippen molar-refractivity contribution in [1.82, 2.24) is 9.80 Å². The number of alkyl halides is 1. The number of nitrogens with zero attached hydrogens (tertiary/aromatic N) is 2. The number of carbonyl (C=O) groups excluding carboxylic acids is 1. The Labute approximate surface area is 130 Å². The SMILES string of the molecule is O=C(OCc1ccccc1)N1CC[C@@H](N2CCCC(F)C2)C1. The summed E-state index contributed by atoms with van der Waals surface area (Å²) in [5, 5.41) is 0. The van der Waals surface area contributed by atoms with Crippen LogP contribution in [0.15, 0.2) is 30.3 Å². The summed E-state index contributed by atoms with van der Waals surface area (Å²) in [5.74, 6) is 0. The third-order valence-electron chi connectivity index (χ3n) is 4.54. The second-order valence-corrected chi connectivity index (χ2v) is 6.16. The number of likely N-dealkylation sites (tertiary alicyclic amines) is 2. The van der Waals surface area contributed by atoms with E-state index in [0.29, 0.717) is 32.7 Å². The zero-order valence-electron chi connectivity index (χ0n) is 12.8. The van der Waals surface area contributed by atoms with Crippen LogP contribution >= 0.6 is 0 Å². The van der Waals surface area contributed by atoms with Crippen LogP contribution in [-0.4, -0.2) is 54.3 Å². The Kier molecular flexibility index (Phi) is 4.93. The Bertz CT molecular complexity index is 497. The first kappa shape index (κ1) is 15.3. The fourth-order valence-corrected chi connectivity index (χ4v) is 3.30. The van der Waals surface area contributed by atoms with Gasteiger partial charge in [-0.3, -0.25) is 4.90 Å². The first-order valence-corrected chi connectivity index (χ1v) is 8.06. The number of benzene rings is 1. The van der Waals surface area contributed by atoms with Gasteiger partial charge in [0.25, 0.3) is 0 Å². The van der Waals surface area contributed by atoms with Crippen LogP contribution in [0, 0.1) is 0 Å². The topological polar surface area (TPSA) is 32.8 Å². The molecule has 0 aliphatic carbocycles. The molecule has 1 unspecified atom stereocenters. The molecule has 22 heavy (non-hydrogen) atoms. The molecule has 0 aromatic heterocycles. The van der Waals surface area contributed by atoms with Crippen molar-refractivity contribution in [2.45, 2.75) is 38.1 Å². The minimum atomic E-state index is -0.715. The lowest BCUT2D eigenvalue weighted by atomic mass is 10.1. The summed E-state index contributed by atoms with van der Waals surface area (Å²) in [6, 6.07) is 9.96. The first-order valence-electron chi connectivity index (χ1n) is 8.06. The van der Waals surface area contributed by atoms with E-state index in [9.17, 15) is 9.18 Å². The van der Waals surface area contributed by atoms with Gasteiger partial charge in [0.05, 0.1) is 0 Å². The third-order valence-corrected chi connectivity index (χ3v) is 4.54. The number of amides is 1. The molecule has 2 heterocycles. The van der Waals surface area contributed by atoms with Crippen LogP contribution in [0.1, 0.15) is 24.8 Å². The molecule has 0 radical (unpaired) electrons. The predicted molar refractivity (Wildman–Crippen MR) is 82.3 cm³/mol. The van der Waals surface area contributed by atoms with E-state index in [-0.39, 0.29) is 12.1 Å². The summed E-state index contributed by atoms with van der Waals surface area (Å²) in [7, 11) is 0. The van der Waals surface area contributed by atoms with Gasteiger partial charge >= 0.3 is 6.09 Å². The molecule has 1 aromatic rings. The Morgan fingerprint density at radius 3 is 2.77 bits per heavy atom. The van der Waals surface area contributed by atoms with Crippen LogP contribution in [0.25, 0.3) is 0 Å². The molecule has 2 aliphatic rings. The minimum absolute atomic E-state index is 0.264. The third kappa shape index (κ3) is 3.77. The standard InChI is InChI=1S/C17H23FN2O2/c18-15-7-4-9-19(11-15)16-8-10-20(12-16)17(21)22-13-14-5-2-1-3-6-14/h1-3,5-6,15-16H,4,7-13H2/t15?,16-/m1/s1. The number of hydrogen-bond acceptors (Lipinski definition) is 3. The van der Waals surface area contributed by atoms with E-state index in [4.69, 9.17) is 4.74 Å². The highest BCUT2D eigenvalue weighted by Gasteiger charge is 2.33. The van der Waals surface area contributed by atoms with Crippen molar-refractivity contribution < 1.29 is 13.9 Å². The quantitative estimate of drug-likeness (QED) is 0.861. The number of rotatable bonds is 3. The van der Waals surface area contributed by atoms with Gasteiger partial charge in [-0.1, -0.05) is 30.3 Å². The molecule has 0 spiro atoms. The van der Waals surface area contributed by atoms with Gasteiger partial charge in [-0.15, -0.1) is 0 Å². The second-order valence-electron chi connectivity index (χ2n) is 6.16. The molecule has 5 heteroatoms. The van der Waals surface area contributed by atoms with Crippen LogP contribution in [-0.2, 0) is 11.3 Å². The Balaban J connectivity index is 1.46. The molecule has 1 amide bonds. The average molecular weight is 306 g/mol. The van der Waals surface area contributed by atoms with E-state index in [2.05, 4.69) is 4.90 Å². The van der Waals surface area contributed by atoms with Crippen molar-refractivity contribution in [3.8, 4) is 0 Å². The van der Waals surface area contributed by atoms with Gasteiger partial charge in [-0.2, -0.15) is 0 Å². The molecule has 4 nitrogen and oxygen atoms in total. The van der Waals surface area contributed by atoms with E-state index in [0.717, 1.165) is 24.9 Å². The van der Waals surface area contributed by atoms with Crippen LogP contribution in [0.3, 0.4) is 0 Å². The van der Waals surface area contributed by atoms with Crippen molar-refractivity contribution in [3.05, 3.63) is 35.9 Å². The highest BCUT2D eigenvalue weighted by atomic mass is 19.1. The minimum Gasteiger partial charge on any atom is -0.445 e. The lowest BCUT2D eigenvalue weighted by Gasteiger charge is -2.33. The first-order chi connectivity index (χ1) is 10.7. The smallest absolute Gasteiger partial charge is 0.410 e. The molecule has 2 aliphatic heterocycles. The molecular weight excluding hydrogens is 283 g/mol. The highest BCUT2D eigenvalue weighted by Crippen LogP contribution is 2.22. The maximum atomic E-state index is 13.5. The number of halogens is 1. The zero-order chi connectivity index (χ0) is 15.4. The summed E-state index contributed by atoms with van der Waals surface area (Å²) < 4.78 is 18.9. The van der Waals surface area contributed by atoms with Crippen molar-refractivity contribution >= 4 is 6.09 Å². The van der Waals surface area contributed by atoms with E-state index >= 15 is 0 Å². The monoisotopic (exact) mass is 306 g/mol. The Morgan fingerprint density at radius 1 is 1.18 bits per heavy atom. The highest BCUT2D eigenvalue weighted by molar-refractivity contribution is 5.68. The summed E-state index contributed by atoms with van der Waals surface area (Å²) in [6.07, 6.45) is 1.52.